The second-order valence-corrected chi connectivity index (χ2v) is 7.56. The van der Waals surface area contributed by atoms with Crippen molar-refractivity contribution >= 4 is 29.3 Å². The zero-order chi connectivity index (χ0) is 24.4. The Hall–Kier alpha value is -4.46. The first-order valence-corrected chi connectivity index (χ1v) is 10.4. The predicted octanol–water partition coefficient (Wildman–Crippen LogP) is 3.85. The third-order valence-electron chi connectivity index (χ3n) is 5.52. The molecule has 8 nitrogen and oxygen atoms in total. The van der Waals surface area contributed by atoms with E-state index in [9.17, 15) is 19.2 Å². The van der Waals surface area contributed by atoms with Crippen molar-refractivity contribution < 1.29 is 33.4 Å². The van der Waals surface area contributed by atoms with Gasteiger partial charge in [0.2, 0.25) is 0 Å². The largest absolute Gasteiger partial charge is 0.493 e. The summed E-state index contributed by atoms with van der Waals surface area (Å²) >= 11 is 0. The van der Waals surface area contributed by atoms with Crippen molar-refractivity contribution in [2.45, 2.75) is 6.92 Å². The molecule has 0 unspecified atom stereocenters. The van der Waals surface area contributed by atoms with Gasteiger partial charge in [-0.2, -0.15) is 0 Å². The molecule has 4 rings (SSSR count). The molecular weight excluding hydrogens is 438 g/mol. The molecule has 0 atom stereocenters. The first kappa shape index (κ1) is 22.7. The van der Waals surface area contributed by atoms with Crippen LogP contribution in [0.25, 0.3) is 0 Å². The van der Waals surface area contributed by atoms with Crippen LogP contribution >= 0.6 is 0 Å². The molecule has 1 heterocycles. The van der Waals surface area contributed by atoms with E-state index < -0.39 is 30.2 Å². The van der Waals surface area contributed by atoms with Gasteiger partial charge in [0.05, 0.1) is 36.6 Å². The van der Waals surface area contributed by atoms with E-state index in [0.29, 0.717) is 17.2 Å². The zero-order valence-corrected chi connectivity index (χ0v) is 18.8. The number of para-hydroxylation sites is 1. The molecule has 34 heavy (non-hydrogen) atoms. The summed E-state index contributed by atoms with van der Waals surface area (Å²) in [7, 11) is 2.93. The summed E-state index contributed by atoms with van der Waals surface area (Å²) in [6.45, 7) is 1.30. The molecule has 0 saturated carbocycles. The topological polar surface area (TPSA) is 99.2 Å². The maximum Gasteiger partial charge on any atom is 0.338 e. The lowest BCUT2D eigenvalue weighted by molar-refractivity contribution is 0.0474. The van der Waals surface area contributed by atoms with Gasteiger partial charge < -0.3 is 14.2 Å². The summed E-state index contributed by atoms with van der Waals surface area (Å²) < 4.78 is 15.5. The number of esters is 1. The number of fused-ring (bicyclic) bond motifs is 1. The van der Waals surface area contributed by atoms with Crippen LogP contribution in [0.2, 0.25) is 0 Å². The van der Waals surface area contributed by atoms with Crippen LogP contribution in [0.4, 0.5) is 5.69 Å². The Morgan fingerprint density at radius 2 is 1.47 bits per heavy atom. The quantitative estimate of drug-likeness (QED) is 0.301. The highest BCUT2D eigenvalue weighted by atomic mass is 16.5. The Balaban J connectivity index is 1.49. The fourth-order valence-corrected chi connectivity index (χ4v) is 3.71. The normalized spacial score (nSPS) is 12.4. The minimum Gasteiger partial charge on any atom is -0.493 e. The molecule has 0 bridgehead atoms. The number of aryl methyl sites for hydroxylation is 1. The van der Waals surface area contributed by atoms with Gasteiger partial charge in [-0.3, -0.25) is 14.4 Å². The van der Waals surface area contributed by atoms with Crippen molar-refractivity contribution in [3.8, 4) is 11.5 Å². The molecule has 172 valence electrons. The summed E-state index contributed by atoms with van der Waals surface area (Å²) in [5, 5.41) is 0. The van der Waals surface area contributed by atoms with E-state index in [4.69, 9.17) is 14.2 Å². The van der Waals surface area contributed by atoms with Crippen molar-refractivity contribution in [2.24, 2.45) is 0 Å². The number of Topliss-reactive ketones (excluding diaryl/α,β-unsaturated/α-hetero) is 1. The maximum atomic E-state index is 13.0. The number of ketones is 1. The molecule has 8 heteroatoms. The van der Waals surface area contributed by atoms with E-state index in [0.717, 1.165) is 10.5 Å². The van der Waals surface area contributed by atoms with Gasteiger partial charge in [0.1, 0.15) is 0 Å². The van der Waals surface area contributed by atoms with Crippen LogP contribution < -0.4 is 14.4 Å². The third-order valence-corrected chi connectivity index (χ3v) is 5.52. The van der Waals surface area contributed by atoms with Gasteiger partial charge in [0, 0.05) is 5.56 Å². The smallest absolute Gasteiger partial charge is 0.338 e. The van der Waals surface area contributed by atoms with Crippen molar-refractivity contribution in [3.63, 3.8) is 0 Å². The van der Waals surface area contributed by atoms with Crippen LogP contribution in [0.5, 0.6) is 11.5 Å². The highest BCUT2D eigenvalue weighted by molar-refractivity contribution is 6.35. The van der Waals surface area contributed by atoms with Gasteiger partial charge in [-0.25, -0.2) is 9.69 Å². The third kappa shape index (κ3) is 4.01. The fourth-order valence-electron chi connectivity index (χ4n) is 3.71. The van der Waals surface area contributed by atoms with Crippen LogP contribution in [-0.2, 0) is 4.74 Å². The number of imide groups is 1. The monoisotopic (exact) mass is 459 g/mol. The number of carbonyl (C=O) groups excluding carboxylic acids is 4. The number of hydrogen-bond donors (Lipinski definition) is 0. The summed E-state index contributed by atoms with van der Waals surface area (Å²) in [4.78, 5) is 52.0. The molecule has 3 aromatic rings. The summed E-state index contributed by atoms with van der Waals surface area (Å²) in [6.07, 6.45) is 0. The Morgan fingerprint density at radius 3 is 2.18 bits per heavy atom. The number of nitrogens with zero attached hydrogens (tertiary/aromatic N) is 1. The second kappa shape index (κ2) is 9.19. The highest BCUT2D eigenvalue weighted by Crippen LogP contribution is 2.31. The Bertz CT molecular complexity index is 1330. The fraction of sp³-hybridized carbons (Fsp3) is 0.154. The lowest BCUT2D eigenvalue weighted by atomic mass is 10.1. The molecule has 0 radical (unpaired) electrons. The second-order valence-electron chi connectivity index (χ2n) is 7.56. The average Bonchev–Trinajstić information content (AvgIpc) is 3.11. The molecule has 0 fully saturated rings. The first-order chi connectivity index (χ1) is 16.3. The van der Waals surface area contributed by atoms with Gasteiger partial charge in [0.25, 0.3) is 11.8 Å². The molecule has 0 saturated heterocycles. The Labute approximate surface area is 195 Å². The average molecular weight is 459 g/mol. The molecule has 0 N–H and O–H groups in total. The molecule has 2 amide bonds. The minimum atomic E-state index is -0.786. The number of amides is 2. The van der Waals surface area contributed by atoms with Crippen LogP contribution in [0, 0.1) is 6.92 Å². The number of ether oxygens (including phenoxy) is 3. The number of methoxy groups -OCH3 is 2. The molecule has 0 aromatic heterocycles. The molecule has 3 aromatic carbocycles. The summed E-state index contributed by atoms with van der Waals surface area (Å²) in [5.41, 5.74) is 1.91. The van der Waals surface area contributed by atoms with E-state index in [-0.39, 0.29) is 22.3 Å². The lowest BCUT2D eigenvalue weighted by Gasteiger charge is -2.16. The van der Waals surface area contributed by atoms with Crippen molar-refractivity contribution in [2.75, 3.05) is 25.7 Å². The van der Waals surface area contributed by atoms with E-state index in [2.05, 4.69) is 0 Å². The molecule has 0 aliphatic carbocycles. The van der Waals surface area contributed by atoms with Gasteiger partial charge in [-0.05, 0) is 55.0 Å². The number of rotatable bonds is 7. The SMILES string of the molecule is COc1ccc(C(=O)COC(=O)c2ccc3c(c2)C(=O)N(c2ccccc2C)C3=O)cc1OC. The Kier molecular flexibility index (Phi) is 6.14. The highest BCUT2D eigenvalue weighted by Gasteiger charge is 2.37. The molecular formula is C26H21NO7. The van der Waals surface area contributed by atoms with Crippen LogP contribution in [-0.4, -0.2) is 44.4 Å². The van der Waals surface area contributed by atoms with Crippen LogP contribution in [0.3, 0.4) is 0 Å². The predicted molar refractivity (Wildman–Crippen MR) is 123 cm³/mol. The molecule has 1 aliphatic heterocycles. The Morgan fingerprint density at radius 1 is 0.794 bits per heavy atom. The number of benzene rings is 3. The lowest BCUT2D eigenvalue weighted by Crippen LogP contribution is -2.29. The maximum absolute atomic E-state index is 13.0. The number of carbonyl (C=O) groups is 4. The van der Waals surface area contributed by atoms with Gasteiger partial charge in [-0.1, -0.05) is 18.2 Å². The van der Waals surface area contributed by atoms with Crippen molar-refractivity contribution in [1.29, 1.82) is 0 Å². The van der Waals surface area contributed by atoms with E-state index >= 15 is 0 Å². The van der Waals surface area contributed by atoms with E-state index in [1.54, 1.807) is 31.2 Å². The first-order valence-electron chi connectivity index (χ1n) is 10.4. The van der Waals surface area contributed by atoms with Gasteiger partial charge in [0.15, 0.2) is 23.9 Å². The molecule has 1 aliphatic rings. The van der Waals surface area contributed by atoms with E-state index in [1.807, 2.05) is 6.07 Å². The number of anilines is 1. The minimum absolute atomic E-state index is 0.0617. The number of hydrogen-bond acceptors (Lipinski definition) is 7. The molecule has 0 spiro atoms. The van der Waals surface area contributed by atoms with Gasteiger partial charge in [-0.15, -0.1) is 0 Å². The standard InChI is InChI=1S/C26H21NO7/c1-15-6-4-5-7-20(15)27-24(29)18-10-8-17(12-19(18)25(27)30)26(31)34-14-21(28)16-9-11-22(32-2)23(13-16)33-3/h4-13H,14H2,1-3H3. The zero-order valence-electron chi connectivity index (χ0n) is 18.8. The van der Waals surface area contributed by atoms with Crippen molar-refractivity contribution in [1.82, 2.24) is 0 Å². The van der Waals surface area contributed by atoms with E-state index in [1.165, 1.54) is 44.6 Å². The summed E-state index contributed by atoms with van der Waals surface area (Å²) in [6, 6.07) is 15.8. The van der Waals surface area contributed by atoms with Crippen molar-refractivity contribution in [3.05, 3.63) is 88.5 Å². The van der Waals surface area contributed by atoms with Crippen LogP contribution in [0.1, 0.15) is 47.0 Å². The summed E-state index contributed by atoms with van der Waals surface area (Å²) in [5.74, 6) is -1.37. The van der Waals surface area contributed by atoms with Gasteiger partial charge >= 0.3 is 5.97 Å². The van der Waals surface area contributed by atoms with Crippen LogP contribution in [0.15, 0.2) is 60.7 Å².